The van der Waals surface area contributed by atoms with E-state index in [1.807, 2.05) is 0 Å². The lowest BCUT2D eigenvalue weighted by atomic mass is 10.0. The third-order valence-electron chi connectivity index (χ3n) is 2.52. The smallest absolute Gasteiger partial charge is 0.336 e. The van der Waals surface area contributed by atoms with Crippen molar-refractivity contribution in [3.63, 3.8) is 0 Å². The Labute approximate surface area is 106 Å². The third kappa shape index (κ3) is 6.85. The van der Waals surface area contributed by atoms with Gasteiger partial charge in [0.25, 0.3) is 0 Å². The number of hydrogen-bond acceptors (Lipinski definition) is 3. The molecule has 0 saturated heterocycles. The van der Waals surface area contributed by atoms with Gasteiger partial charge in [0.15, 0.2) is 0 Å². The molecule has 0 aromatic heterocycles. The molecular weight excluding hydrogens is 236 g/mol. The highest BCUT2D eigenvalue weighted by molar-refractivity contribution is 6.04. The first-order valence-electron chi connectivity index (χ1n) is 5.97. The number of carboxylic acids is 2. The number of unbranched alkanes of at least 4 members (excludes halogenated alkanes) is 5. The summed E-state index contributed by atoms with van der Waals surface area (Å²) in [7, 11) is 0. The Morgan fingerprint density at radius 2 is 1.50 bits per heavy atom. The SMILES string of the molecule is C=C(C(=O)O)C(=CCCCCCCCO)C(=O)O. The summed E-state index contributed by atoms with van der Waals surface area (Å²) in [6.45, 7) is 3.43. The van der Waals surface area contributed by atoms with Crippen molar-refractivity contribution in [3.8, 4) is 0 Å². The Hall–Kier alpha value is -1.62. The van der Waals surface area contributed by atoms with E-state index in [4.69, 9.17) is 15.3 Å². The minimum Gasteiger partial charge on any atom is -0.478 e. The van der Waals surface area contributed by atoms with E-state index in [-0.39, 0.29) is 17.8 Å². The summed E-state index contributed by atoms with van der Waals surface area (Å²) < 4.78 is 0. The van der Waals surface area contributed by atoms with E-state index < -0.39 is 11.9 Å². The molecule has 0 heterocycles. The monoisotopic (exact) mass is 256 g/mol. The van der Waals surface area contributed by atoms with Gasteiger partial charge in [0.05, 0.1) is 11.1 Å². The van der Waals surface area contributed by atoms with Crippen molar-refractivity contribution in [1.29, 1.82) is 0 Å². The van der Waals surface area contributed by atoms with Crippen LogP contribution in [0.1, 0.15) is 38.5 Å². The molecule has 0 aliphatic heterocycles. The van der Waals surface area contributed by atoms with E-state index in [2.05, 4.69) is 6.58 Å². The van der Waals surface area contributed by atoms with Crippen LogP contribution in [0.5, 0.6) is 0 Å². The first-order chi connectivity index (χ1) is 8.50. The maximum atomic E-state index is 10.8. The lowest BCUT2D eigenvalue weighted by Gasteiger charge is -2.02. The largest absolute Gasteiger partial charge is 0.478 e. The van der Waals surface area contributed by atoms with Crippen molar-refractivity contribution < 1.29 is 24.9 Å². The first-order valence-corrected chi connectivity index (χ1v) is 5.97. The molecule has 0 radical (unpaired) electrons. The van der Waals surface area contributed by atoms with Gasteiger partial charge >= 0.3 is 11.9 Å². The standard InChI is InChI=1S/C13H20O5/c1-10(12(15)16)11(13(17)18)8-6-4-2-3-5-7-9-14/h8,14H,1-7,9H2,(H,15,16)(H,17,18). The predicted molar refractivity (Wildman–Crippen MR) is 67.3 cm³/mol. The quantitative estimate of drug-likeness (QED) is 0.315. The molecule has 0 saturated carbocycles. The molecule has 5 heteroatoms. The summed E-state index contributed by atoms with van der Waals surface area (Å²) in [5.74, 6) is -2.57. The van der Waals surface area contributed by atoms with Crippen molar-refractivity contribution in [3.05, 3.63) is 23.8 Å². The Kier molecular flexibility index (Phi) is 8.57. The first kappa shape index (κ1) is 16.4. The number of aliphatic hydroxyl groups is 1. The van der Waals surface area contributed by atoms with Crippen LogP contribution < -0.4 is 0 Å². The van der Waals surface area contributed by atoms with Gasteiger partial charge in [-0.2, -0.15) is 0 Å². The molecule has 18 heavy (non-hydrogen) atoms. The number of rotatable bonds is 10. The molecule has 0 atom stereocenters. The van der Waals surface area contributed by atoms with E-state index in [0.717, 1.165) is 32.1 Å². The van der Waals surface area contributed by atoms with Gasteiger partial charge in [-0.1, -0.05) is 31.9 Å². The molecule has 0 bridgehead atoms. The zero-order valence-corrected chi connectivity index (χ0v) is 10.4. The van der Waals surface area contributed by atoms with Gasteiger partial charge in [0.2, 0.25) is 0 Å². The zero-order chi connectivity index (χ0) is 14.0. The second-order valence-electron chi connectivity index (χ2n) is 3.99. The van der Waals surface area contributed by atoms with Gasteiger partial charge in [-0.05, 0) is 19.3 Å². The highest BCUT2D eigenvalue weighted by Crippen LogP contribution is 2.12. The minimum atomic E-state index is -1.31. The van der Waals surface area contributed by atoms with Gasteiger partial charge in [-0.3, -0.25) is 0 Å². The Bertz CT molecular complexity index is 330. The fraction of sp³-hybridized carbons (Fsp3) is 0.538. The molecule has 0 fully saturated rings. The zero-order valence-electron chi connectivity index (χ0n) is 10.4. The van der Waals surface area contributed by atoms with Crippen LogP contribution in [0, 0.1) is 0 Å². The summed E-state index contributed by atoms with van der Waals surface area (Å²) in [4.78, 5) is 21.5. The van der Waals surface area contributed by atoms with Crippen LogP contribution in [0.3, 0.4) is 0 Å². The van der Waals surface area contributed by atoms with Gasteiger partial charge in [-0.25, -0.2) is 9.59 Å². The number of carbonyl (C=O) groups is 2. The van der Waals surface area contributed by atoms with E-state index in [1.165, 1.54) is 6.08 Å². The average Bonchev–Trinajstić information content (AvgIpc) is 2.31. The molecule has 0 aliphatic carbocycles. The average molecular weight is 256 g/mol. The Balaban J connectivity index is 4.07. The summed E-state index contributed by atoms with van der Waals surface area (Å²) >= 11 is 0. The number of aliphatic carboxylic acids is 2. The van der Waals surface area contributed by atoms with Crippen LogP contribution in [0.15, 0.2) is 23.8 Å². The van der Waals surface area contributed by atoms with Gasteiger partial charge in [0.1, 0.15) is 0 Å². The van der Waals surface area contributed by atoms with Gasteiger partial charge < -0.3 is 15.3 Å². The molecule has 0 aromatic carbocycles. The molecule has 3 N–H and O–H groups in total. The van der Waals surface area contributed by atoms with Crippen molar-refractivity contribution in [2.75, 3.05) is 6.61 Å². The number of carboxylic acid groups (broad SMARTS) is 2. The summed E-state index contributed by atoms with van der Waals surface area (Å²) in [5, 5.41) is 26.1. The molecule has 0 aromatic rings. The van der Waals surface area contributed by atoms with E-state index in [1.54, 1.807) is 0 Å². The van der Waals surface area contributed by atoms with Crippen molar-refractivity contribution in [2.24, 2.45) is 0 Å². The molecule has 5 nitrogen and oxygen atoms in total. The molecule has 0 aliphatic rings. The van der Waals surface area contributed by atoms with E-state index in [9.17, 15) is 9.59 Å². The maximum Gasteiger partial charge on any atom is 0.336 e. The molecule has 102 valence electrons. The molecule has 0 unspecified atom stereocenters. The highest BCUT2D eigenvalue weighted by Gasteiger charge is 2.16. The lowest BCUT2D eigenvalue weighted by Crippen LogP contribution is -2.10. The molecule has 0 rings (SSSR count). The second kappa shape index (κ2) is 9.41. The van der Waals surface area contributed by atoms with E-state index >= 15 is 0 Å². The lowest BCUT2D eigenvalue weighted by molar-refractivity contribution is -0.136. The van der Waals surface area contributed by atoms with Crippen LogP contribution in [0.25, 0.3) is 0 Å². The van der Waals surface area contributed by atoms with Crippen molar-refractivity contribution >= 4 is 11.9 Å². The van der Waals surface area contributed by atoms with Crippen LogP contribution in [0.2, 0.25) is 0 Å². The second-order valence-corrected chi connectivity index (χ2v) is 3.99. The van der Waals surface area contributed by atoms with Gasteiger partial charge in [-0.15, -0.1) is 0 Å². The van der Waals surface area contributed by atoms with Crippen LogP contribution >= 0.6 is 0 Å². The van der Waals surface area contributed by atoms with Crippen LogP contribution in [0.4, 0.5) is 0 Å². The summed E-state index contributed by atoms with van der Waals surface area (Å²) in [5.41, 5.74) is -0.624. The number of allylic oxidation sites excluding steroid dienone is 1. The fourth-order valence-electron chi connectivity index (χ4n) is 1.49. The van der Waals surface area contributed by atoms with Gasteiger partial charge in [0, 0.05) is 6.61 Å². The van der Waals surface area contributed by atoms with Crippen LogP contribution in [-0.2, 0) is 9.59 Å². The maximum absolute atomic E-state index is 10.8. The summed E-state index contributed by atoms with van der Waals surface area (Å²) in [6, 6.07) is 0. The molecular formula is C13H20O5. The summed E-state index contributed by atoms with van der Waals surface area (Å²) in [6.07, 6.45) is 6.38. The molecule has 0 amide bonds. The Morgan fingerprint density at radius 3 is 2.00 bits per heavy atom. The minimum absolute atomic E-state index is 0.196. The van der Waals surface area contributed by atoms with Crippen molar-refractivity contribution in [2.45, 2.75) is 38.5 Å². The number of hydrogen-bond donors (Lipinski definition) is 3. The predicted octanol–water partition coefficient (Wildman–Crippen LogP) is 1.97. The van der Waals surface area contributed by atoms with Crippen LogP contribution in [-0.4, -0.2) is 33.9 Å². The third-order valence-corrected chi connectivity index (χ3v) is 2.52. The Morgan fingerprint density at radius 1 is 0.944 bits per heavy atom. The van der Waals surface area contributed by atoms with E-state index in [0.29, 0.717) is 6.42 Å². The highest BCUT2D eigenvalue weighted by atomic mass is 16.4. The van der Waals surface area contributed by atoms with Crippen molar-refractivity contribution in [1.82, 2.24) is 0 Å². The fourth-order valence-corrected chi connectivity index (χ4v) is 1.49. The normalized spacial score (nSPS) is 11.3. The topological polar surface area (TPSA) is 94.8 Å². The molecule has 0 spiro atoms. The number of aliphatic hydroxyl groups excluding tert-OH is 1.